The van der Waals surface area contributed by atoms with Crippen molar-refractivity contribution < 1.29 is 4.42 Å². The molecule has 2 aromatic heterocycles. The summed E-state index contributed by atoms with van der Waals surface area (Å²) in [4.78, 5) is 0.970. The van der Waals surface area contributed by atoms with E-state index in [1.165, 1.54) is 0 Å². The summed E-state index contributed by atoms with van der Waals surface area (Å²) in [5.41, 5.74) is 0.982. The highest BCUT2D eigenvalue weighted by Gasteiger charge is 2.18. The predicted octanol–water partition coefficient (Wildman–Crippen LogP) is 4.63. The summed E-state index contributed by atoms with van der Waals surface area (Å²) < 4.78 is 5.20. The first-order valence-corrected chi connectivity index (χ1v) is 5.80. The number of aryl methyl sites for hydroxylation is 1. The minimum atomic E-state index is -0.207. The maximum Gasteiger partial charge on any atom is 0.105 e. The van der Waals surface area contributed by atoms with Crippen LogP contribution in [0.4, 0.5) is 0 Å². The van der Waals surface area contributed by atoms with Gasteiger partial charge in [-0.15, -0.1) is 22.9 Å². The second kappa shape index (κ2) is 3.97. The first-order valence-electron chi connectivity index (χ1n) is 4.11. The molecular weight excluding hydrogens is 239 g/mol. The molecule has 4 heteroatoms. The zero-order valence-corrected chi connectivity index (χ0v) is 9.79. The highest BCUT2D eigenvalue weighted by atomic mass is 35.5. The van der Waals surface area contributed by atoms with Gasteiger partial charge in [-0.25, -0.2) is 0 Å². The van der Waals surface area contributed by atoms with Crippen molar-refractivity contribution in [2.75, 3.05) is 0 Å². The molecule has 2 rings (SSSR count). The monoisotopic (exact) mass is 246 g/mol. The van der Waals surface area contributed by atoms with Crippen LogP contribution in [0, 0.1) is 6.92 Å². The fourth-order valence-electron chi connectivity index (χ4n) is 1.29. The topological polar surface area (TPSA) is 13.1 Å². The number of hydrogen-bond acceptors (Lipinski definition) is 2. The first-order chi connectivity index (χ1) is 6.70. The fourth-order valence-corrected chi connectivity index (χ4v) is 3.00. The maximum atomic E-state index is 6.29. The van der Waals surface area contributed by atoms with Crippen LogP contribution in [0.25, 0.3) is 0 Å². The van der Waals surface area contributed by atoms with Gasteiger partial charge in [0.05, 0.1) is 16.7 Å². The van der Waals surface area contributed by atoms with Gasteiger partial charge in [-0.3, -0.25) is 0 Å². The van der Waals surface area contributed by atoms with Crippen LogP contribution in [0.1, 0.15) is 21.6 Å². The third-order valence-corrected chi connectivity index (χ3v) is 4.05. The summed E-state index contributed by atoms with van der Waals surface area (Å²) in [6.07, 6.45) is 1.64. The summed E-state index contributed by atoms with van der Waals surface area (Å²) in [5, 5.41) is 2.44. The van der Waals surface area contributed by atoms with Crippen molar-refractivity contribution in [1.82, 2.24) is 0 Å². The Morgan fingerprint density at radius 1 is 1.43 bits per heavy atom. The maximum absolute atomic E-state index is 6.29. The van der Waals surface area contributed by atoms with E-state index < -0.39 is 0 Å². The largest absolute Gasteiger partial charge is 0.469 e. The van der Waals surface area contributed by atoms with Gasteiger partial charge in [0.15, 0.2) is 0 Å². The van der Waals surface area contributed by atoms with E-state index in [1.54, 1.807) is 17.6 Å². The van der Waals surface area contributed by atoms with E-state index in [2.05, 4.69) is 0 Å². The Kier molecular flexibility index (Phi) is 2.86. The molecule has 0 aromatic carbocycles. The molecule has 0 saturated carbocycles. The Bertz CT molecular complexity index is 393. The molecule has 0 radical (unpaired) electrons. The lowest BCUT2D eigenvalue weighted by Crippen LogP contribution is -1.90. The second-order valence-electron chi connectivity index (χ2n) is 2.93. The number of thiophene rings is 1. The van der Waals surface area contributed by atoms with Crippen LogP contribution in [-0.2, 0) is 0 Å². The van der Waals surface area contributed by atoms with E-state index in [1.807, 2.05) is 24.4 Å². The van der Waals surface area contributed by atoms with Crippen LogP contribution < -0.4 is 0 Å². The summed E-state index contributed by atoms with van der Waals surface area (Å²) in [5.74, 6) is 0.842. The van der Waals surface area contributed by atoms with Crippen molar-refractivity contribution in [1.29, 1.82) is 0 Å². The number of hydrogen-bond donors (Lipinski definition) is 0. The van der Waals surface area contributed by atoms with Gasteiger partial charge in [0, 0.05) is 10.4 Å². The van der Waals surface area contributed by atoms with Crippen molar-refractivity contribution in [3.63, 3.8) is 0 Å². The second-order valence-corrected chi connectivity index (χ2v) is 4.72. The zero-order valence-electron chi connectivity index (χ0n) is 7.46. The summed E-state index contributed by atoms with van der Waals surface area (Å²) >= 11 is 13.8. The first kappa shape index (κ1) is 10.1. The molecule has 0 fully saturated rings. The van der Waals surface area contributed by atoms with Gasteiger partial charge in [0.25, 0.3) is 0 Å². The van der Waals surface area contributed by atoms with E-state index in [9.17, 15) is 0 Å². The Morgan fingerprint density at radius 3 is 2.71 bits per heavy atom. The lowest BCUT2D eigenvalue weighted by atomic mass is 10.1. The average molecular weight is 247 g/mol. The molecule has 1 atom stereocenters. The molecule has 74 valence electrons. The average Bonchev–Trinajstić information content (AvgIpc) is 2.73. The van der Waals surface area contributed by atoms with Crippen molar-refractivity contribution in [2.45, 2.75) is 12.3 Å². The molecule has 2 aromatic rings. The number of furan rings is 1. The van der Waals surface area contributed by atoms with Crippen LogP contribution in [0.5, 0.6) is 0 Å². The molecule has 1 nitrogen and oxygen atoms in total. The molecule has 0 spiro atoms. The predicted molar refractivity (Wildman–Crippen MR) is 60.5 cm³/mol. The van der Waals surface area contributed by atoms with Crippen LogP contribution in [0.2, 0.25) is 5.02 Å². The fraction of sp³-hybridized carbons (Fsp3) is 0.200. The Labute approximate surface area is 96.3 Å². The molecule has 0 bridgehead atoms. The minimum absolute atomic E-state index is 0.207. The smallest absolute Gasteiger partial charge is 0.105 e. The highest BCUT2D eigenvalue weighted by molar-refractivity contribution is 7.11. The summed E-state index contributed by atoms with van der Waals surface area (Å²) in [7, 11) is 0. The standard InChI is InChI=1S/C10H8Cl2OS/c1-6-7(2-4-13-6)9(12)10-8(11)3-5-14-10/h2-5,9H,1H3. The normalized spacial score (nSPS) is 13.1. The zero-order chi connectivity index (χ0) is 10.1. The lowest BCUT2D eigenvalue weighted by Gasteiger charge is -2.06. The van der Waals surface area contributed by atoms with E-state index in [0.717, 1.165) is 21.2 Å². The van der Waals surface area contributed by atoms with Crippen LogP contribution >= 0.6 is 34.5 Å². The molecule has 0 N–H and O–H groups in total. The van der Waals surface area contributed by atoms with Gasteiger partial charge in [0.1, 0.15) is 5.76 Å². The number of halogens is 2. The Hall–Kier alpha value is -0.440. The van der Waals surface area contributed by atoms with Gasteiger partial charge < -0.3 is 4.42 Å². The molecule has 0 saturated heterocycles. The SMILES string of the molecule is Cc1occc1C(Cl)c1sccc1Cl. The Balaban J connectivity index is 2.38. The van der Waals surface area contributed by atoms with Gasteiger partial charge >= 0.3 is 0 Å². The molecule has 2 heterocycles. The van der Waals surface area contributed by atoms with E-state index >= 15 is 0 Å². The quantitative estimate of drug-likeness (QED) is 0.705. The molecule has 1 unspecified atom stereocenters. The van der Waals surface area contributed by atoms with Crippen LogP contribution in [0.15, 0.2) is 28.2 Å². The van der Waals surface area contributed by atoms with E-state index in [4.69, 9.17) is 27.6 Å². The highest BCUT2D eigenvalue weighted by Crippen LogP contribution is 2.38. The van der Waals surface area contributed by atoms with Crippen molar-refractivity contribution in [3.05, 3.63) is 45.0 Å². The third kappa shape index (κ3) is 1.70. The van der Waals surface area contributed by atoms with Crippen LogP contribution in [-0.4, -0.2) is 0 Å². The lowest BCUT2D eigenvalue weighted by molar-refractivity contribution is 0.530. The van der Waals surface area contributed by atoms with Gasteiger partial charge in [-0.1, -0.05) is 11.6 Å². The van der Waals surface area contributed by atoms with Crippen molar-refractivity contribution >= 4 is 34.5 Å². The molecule has 0 aliphatic heterocycles. The Morgan fingerprint density at radius 2 is 2.21 bits per heavy atom. The van der Waals surface area contributed by atoms with E-state index in [0.29, 0.717) is 0 Å². The number of rotatable bonds is 2. The van der Waals surface area contributed by atoms with Gasteiger partial charge in [0.2, 0.25) is 0 Å². The molecular formula is C10H8Cl2OS. The molecule has 14 heavy (non-hydrogen) atoms. The van der Waals surface area contributed by atoms with Crippen molar-refractivity contribution in [2.24, 2.45) is 0 Å². The molecule has 0 amide bonds. The van der Waals surface area contributed by atoms with Gasteiger partial charge in [-0.2, -0.15) is 0 Å². The molecule has 0 aliphatic carbocycles. The summed E-state index contributed by atoms with van der Waals surface area (Å²) in [6.45, 7) is 1.90. The van der Waals surface area contributed by atoms with Crippen molar-refractivity contribution in [3.8, 4) is 0 Å². The third-order valence-electron chi connectivity index (χ3n) is 2.05. The van der Waals surface area contributed by atoms with E-state index in [-0.39, 0.29) is 5.38 Å². The summed E-state index contributed by atoms with van der Waals surface area (Å²) in [6, 6.07) is 3.73. The van der Waals surface area contributed by atoms with Crippen LogP contribution in [0.3, 0.4) is 0 Å². The number of alkyl halides is 1. The molecule has 0 aliphatic rings. The minimum Gasteiger partial charge on any atom is -0.469 e. The van der Waals surface area contributed by atoms with Gasteiger partial charge in [-0.05, 0) is 24.4 Å².